The maximum absolute atomic E-state index is 12.5. The van der Waals surface area contributed by atoms with Gasteiger partial charge in [0.1, 0.15) is 0 Å². The second kappa shape index (κ2) is 5.65. The van der Waals surface area contributed by atoms with Crippen LogP contribution in [0.5, 0.6) is 0 Å². The molecule has 25 heavy (non-hydrogen) atoms. The maximum atomic E-state index is 12.5. The van der Waals surface area contributed by atoms with Gasteiger partial charge in [0, 0.05) is 22.3 Å². The van der Waals surface area contributed by atoms with Crippen LogP contribution in [0.25, 0.3) is 0 Å². The standard InChI is InChI=1S/C19H18O6/c1-9-10(2)16(21)14-6-12-8-19(17(22)24-3,18(23)25-4)7-11(12)5-13(14)15(9)20/h5-6H,7-8H2,1-4H3. The number of benzene rings is 1. The van der Waals surface area contributed by atoms with Gasteiger partial charge in [-0.15, -0.1) is 0 Å². The number of methoxy groups -OCH3 is 2. The second-order valence-corrected chi connectivity index (χ2v) is 6.49. The number of ether oxygens (including phenoxy) is 2. The number of allylic oxidation sites excluding steroid dienone is 2. The van der Waals surface area contributed by atoms with Gasteiger partial charge in [-0.1, -0.05) is 0 Å². The van der Waals surface area contributed by atoms with Crippen LogP contribution in [0.4, 0.5) is 0 Å². The quantitative estimate of drug-likeness (QED) is 0.602. The number of ketones is 2. The van der Waals surface area contributed by atoms with Crippen LogP contribution in [-0.4, -0.2) is 37.7 Å². The molecular weight excluding hydrogens is 324 g/mol. The highest BCUT2D eigenvalue weighted by Gasteiger charge is 2.53. The first-order valence-corrected chi connectivity index (χ1v) is 7.86. The Hall–Kier alpha value is -2.76. The number of carbonyl (C=O) groups is 4. The van der Waals surface area contributed by atoms with E-state index in [0.29, 0.717) is 33.4 Å². The van der Waals surface area contributed by atoms with Gasteiger partial charge in [0.25, 0.3) is 0 Å². The van der Waals surface area contributed by atoms with Crippen molar-refractivity contribution in [3.8, 4) is 0 Å². The Morgan fingerprint density at radius 1 is 0.840 bits per heavy atom. The van der Waals surface area contributed by atoms with Crippen molar-refractivity contribution in [2.75, 3.05) is 14.2 Å². The number of hydrogen-bond donors (Lipinski definition) is 0. The first-order valence-electron chi connectivity index (χ1n) is 7.86. The van der Waals surface area contributed by atoms with E-state index in [2.05, 4.69) is 0 Å². The van der Waals surface area contributed by atoms with Crippen LogP contribution in [0.3, 0.4) is 0 Å². The van der Waals surface area contributed by atoms with Gasteiger partial charge in [-0.05, 0) is 49.9 Å². The lowest BCUT2D eigenvalue weighted by molar-refractivity contribution is -0.168. The van der Waals surface area contributed by atoms with Gasteiger partial charge in [-0.3, -0.25) is 19.2 Å². The first-order chi connectivity index (χ1) is 11.8. The van der Waals surface area contributed by atoms with Gasteiger partial charge in [0.15, 0.2) is 17.0 Å². The molecule has 0 atom stereocenters. The van der Waals surface area contributed by atoms with Crippen LogP contribution in [0.15, 0.2) is 23.3 Å². The summed E-state index contributed by atoms with van der Waals surface area (Å²) in [4.78, 5) is 49.6. The predicted octanol–water partition coefficient (Wildman–Crippen LogP) is 1.83. The minimum atomic E-state index is -1.47. The Morgan fingerprint density at radius 3 is 1.52 bits per heavy atom. The molecule has 0 spiro atoms. The van der Waals surface area contributed by atoms with Gasteiger partial charge in [-0.25, -0.2) is 0 Å². The van der Waals surface area contributed by atoms with Crippen molar-refractivity contribution in [2.24, 2.45) is 5.41 Å². The Morgan fingerprint density at radius 2 is 1.20 bits per heavy atom. The number of esters is 2. The van der Waals surface area contributed by atoms with E-state index in [1.54, 1.807) is 26.0 Å². The van der Waals surface area contributed by atoms with Gasteiger partial charge in [-0.2, -0.15) is 0 Å². The minimum absolute atomic E-state index is 0.0815. The molecule has 0 N–H and O–H groups in total. The molecule has 0 bridgehead atoms. The van der Waals surface area contributed by atoms with Crippen molar-refractivity contribution in [2.45, 2.75) is 26.7 Å². The summed E-state index contributed by atoms with van der Waals surface area (Å²) in [5.74, 6) is -1.78. The summed E-state index contributed by atoms with van der Waals surface area (Å²) < 4.78 is 9.62. The van der Waals surface area contributed by atoms with E-state index < -0.39 is 17.4 Å². The van der Waals surface area contributed by atoms with E-state index in [4.69, 9.17) is 9.47 Å². The molecular formula is C19H18O6. The third-order valence-corrected chi connectivity index (χ3v) is 5.21. The maximum Gasteiger partial charge on any atom is 0.323 e. The normalized spacial score (nSPS) is 17.9. The van der Waals surface area contributed by atoms with Crippen molar-refractivity contribution < 1.29 is 28.7 Å². The van der Waals surface area contributed by atoms with Crippen LogP contribution >= 0.6 is 0 Å². The van der Waals surface area contributed by atoms with E-state index in [-0.39, 0.29) is 24.4 Å². The van der Waals surface area contributed by atoms with Crippen LogP contribution < -0.4 is 0 Å². The molecule has 0 aromatic heterocycles. The van der Waals surface area contributed by atoms with E-state index >= 15 is 0 Å². The van der Waals surface area contributed by atoms with E-state index in [1.165, 1.54) is 14.2 Å². The van der Waals surface area contributed by atoms with Crippen LogP contribution in [0, 0.1) is 5.41 Å². The summed E-state index contributed by atoms with van der Waals surface area (Å²) in [6.45, 7) is 3.25. The molecule has 6 nitrogen and oxygen atoms in total. The molecule has 0 aliphatic heterocycles. The molecule has 0 heterocycles. The summed E-state index contributed by atoms with van der Waals surface area (Å²) in [7, 11) is 2.43. The molecule has 0 unspecified atom stereocenters. The van der Waals surface area contributed by atoms with E-state index in [0.717, 1.165) is 0 Å². The lowest BCUT2D eigenvalue weighted by Crippen LogP contribution is -2.42. The fourth-order valence-corrected chi connectivity index (χ4v) is 3.61. The zero-order valence-corrected chi connectivity index (χ0v) is 14.5. The topological polar surface area (TPSA) is 86.7 Å². The zero-order chi connectivity index (χ0) is 18.5. The van der Waals surface area contributed by atoms with Crippen LogP contribution in [-0.2, 0) is 31.9 Å². The highest BCUT2D eigenvalue weighted by molar-refractivity contribution is 6.26. The summed E-state index contributed by atoms with van der Waals surface area (Å²) in [6, 6.07) is 3.24. The lowest BCUT2D eigenvalue weighted by atomic mass is 9.83. The fraction of sp³-hybridized carbons (Fsp3) is 0.368. The molecule has 0 saturated heterocycles. The summed E-state index contributed by atoms with van der Waals surface area (Å²) >= 11 is 0. The molecule has 1 aromatic carbocycles. The van der Waals surface area contributed by atoms with Gasteiger partial charge in [0.05, 0.1) is 14.2 Å². The molecule has 3 rings (SSSR count). The van der Waals surface area contributed by atoms with Gasteiger partial charge >= 0.3 is 11.9 Å². The average molecular weight is 342 g/mol. The van der Waals surface area contributed by atoms with E-state index in [1.807, 2.05) is 0 Å². The Bertz CT molecular complexity index is 803. The molecule has 0 fully saturated rings. The highest BCUT2D eigenvalue weighted by Crippen LogP contribution is 2.41. The summed E-state index contributed by atoms with van der Waals surface area (Å²) in [5.41, 5.74) is 1.37. The minimum Gasteiger partial charge on any atom is -0.468 e. The number of Topliss-reactive ketones (excluding diaryl/α,β-unsaturated/α-hetero) is 2. The average Bonchev–Trinajstić information content (AvgIpc) is 3.01. The third kappa shape index (κ3) is 2.24. The van der Waals surface area contributed by atoms with Crippen LogP contribution in [0.1, 0.15) is 45.7 Å². The summed E-state index contributed by atoms with van der Waals surface area (Å²) in [5, 5.41) is 0. The van der Waals surface area contributed by atoms with Gasteiger partial charge in [0.2, 0.25) is 0 Å². The van der Waals surface area contributed by atoms with Crippen molar-refractivity contribution in [1.82, 2.24) is 0 Å². The van der Waals surface area contributed by atoms with Crippen molar-refractivity contribution in [3.63, 3.8) is 0 Å². The number of rotatable bonds is 2. The van der Waals surface area contributed by atoms with Crippen molar-refractivity contribution in [3.05, 3.63) is 45.5 Å². The number of hydrogen-bond acceptors (Lipinski definition) is 6. The monoisotopic (exact) mass is 342 g/mol. The Kier molecular flexibility index (Phi) is 3.86. The molecule has 2 aliphatic rings. The molecule has 0 amide bonds. The van der Waals surface area contributed by atoms with Gasteiger partial charge < -0.3 is 9.47 Å². The number of carbonyl (C=O) groups excluding carboxylic acids is 4. The number of fused-ring (bicyclic) bond motifs is 2. The van der Waals surface area contributed by atoms with Crippen molar-refractivity contribution >= 4 is 23.5 Å². The Labute approximate surface area is 144 Å². The highest BCUT2D eigenvalue weighted by atomic mass is 16.5. The largest absolute Gasteiger partial charge is 0.468 e. The SMILES string of the molecule is COC(=O)C1(C(=O)OC)Cc2cc3c(cc2C1)C(=O)C(C)=C(C)C3=O. The van der Waals surface area contributed by atoms with Crippen molar-refractivity contribution in [1.29, 1.82) is 0 Å². The Balaban J connectivity index is 2.13. The molecule has 130 valence electrons. The summed E-state index contributed by atoms with van der Waals surface area (Å²) in [6.07, 6.45) is 0.163. The fourth-order valence-electron chi connectivity index (χ4n) is 3.61. The second-order valence-electron chi connectivity index (χ2n) is 6.49. The first kappa shape index (κ1) is 17.1. The molecule has 2 aliphatic carbocycles. The van der Waals surface area contributed by atoms with E-state index in [9.17, 15) is 19.2 Å². The molecule has 1 aromatic rings. The zero-order valence-electron chi connectivity index (χ0n) is 14.5. The third-order valence-electron chi connectivity index (χ3n) is 5.21. The molecule has 0 radical (unpaired) electrons. The smallest absolute Gasteiger partial charge is 0.323 e. The molecule has 0 saturated carbocycles. The lowest BCUT2D eigenvalue weighted by Gasteiger charge is -2.22. The predicted molar refractivity (Wildman–Crippen MR) is 87.4 cm³/mol. The van der Waals surface area contributed by atoms with Crippen LogP contribution in [0.2, 0.25) is 0 Å². The molecule has 6 heteroatoms.